The van der Waals surface area contributed by atoms with Crippen molar-refractivity contribution in [1.29, 1.82) is 0 Å². The minimum absolute atomic E-state index is 0. The van der Waals surface area contributed by atoms with Gasteiger partial charge in [-0.2, -0.15) is 0 Å². The highest BCUT2D eigenvalue weighted by Crippen LogP contribution is 2.31. The predicted molar refractivity (Wildman–Crippen MR) is 129 cm³/mol. The zero-order valence-corrected chi connectivity index (χ0v) is 20.0. The molecule has 1 aromatic carbocycles. The summed E-state index contributed by atoms with van der Waals surface area (Å²) in [4.78, 5) is 17.5. The second-order valence-corrected chi connectivity index (χ2v) is 8.26. The standard InChI is InChI=1S/C21H34N4O.3ClH/c1-17(16-23-20(26)19-10-6-7-11-21(19,2)22)24-12-14-25(15-13-24)18-8-4-3-5-9-18;;;/h3-5,8-9,17,19H,6-7,10-16,22H2,1-2H3,(H,23,26);3*1H. The molecule has 8 heteroatoms. The van der Waals surface area contributed by atoms with Crippen LogP contribution >= 0.6 is 37.2 Å². The van der Waals surface area contributed by atoms with Crippen LogP contribution in [0.3, 0.4) is 0 Å². The van der Waals surface area contributed by atoms with Gasteiger partial charge >= 0.3 is 0 Å². The molecule has 1 saturated carbocycles. The van der Waals surface area contributed by atoms with E-state index in [1.807, 2.05) is 6.92 Å². The van der Waals surface area contributed by atoms with Crippen LogP contribution < -0.4 is 16.0 Å². The lowest BCUT2D eigenvalue weighted by Gasteiger charge is -2.40. The Hall–Kier alpha value is -0.720. The molecular formula is C21H37Cl3N4O. The third kappa shape index (κ3) is 7.48. The number of nitrogens with zero attached hydrogens (tertiary/aromatic N) is 2. The van der Waals surface area contributed by atoms with Crippen LogP contribution in [0, 0.1) is 5.92 Å². The number of anilines is 1. The van der Waals surface area contributed by atoms with Crippen molar-refractivity contribution in [2.75, 3.05) is 37.6 Å². The van der Waals surface area contributed by atoms with Crippen molar-refractivity contribution in [3.05, 3.63) is 30.3 Å². The lowest BCUT2D eigenvalue weighted by molar-refractivity contribution is -0.128. The number of carbonyl (C=O) groups is 1. The Morgan fingerprint density at radius 1 is 1.14 bits per heavy atom. The minimum atomic E-state index is -0.354. The summed E-state index contributed by atoms with van der Waals surface area (Å²) in [6.07, 6.45) is 4.12. The molecule has 3 unspecified atom stereocenters. The fourth-order valence-electron chi connectivity index (χ4n) is 4.35. The van der Waals surface area contributed by atoms with E-state index in [4.69, 9.17) is 5.73 Å². The first-order valence-electron chi connectivity index (χ1n) is 10.1. The van der Waals surface area contributed by atoms with Gasteiger partial charge < -0.3 is 16.0 Å². The second kappa shape index (κ2) is 12.9. The Bertz CT molecular complexity index is 595. The largest absolute Gasteiger partial charge is 0.369 e. The summed E-state index contributed by atoms with van der Waals surface area (Å²) in [5, 5.41) is 3.17. The Morgan fingerprint density at radius 3 is 2.34 bits per heavy atom. The first-order valence-corrected chi connectivity index (χ1v) is 10.1. The van der Waals surface area contributed by atoms with Crippen LogP contribution in [-0.2, 0) is 4.79 Å². The molecule has 1 heterocycles. The molecule has 0 bridgehead atoms. The molecule has 3 atom stereocenters. The summed E-state index contributed by atoms with van der Waals surface area (Å²) < 4.78 is 0. The van der Waals surface area contributed by atoms with Crippen molar-refractivity contribution in [3.63, 3.8) is 0 Å². The number of halogens is 3. The number of nitrogens with two attached hydrogens (primary N) is 1. The Morgan fingerprint density at radius 2 is 1.76 bits per heavy atom. The third-order valence-corrected chi connectivity index (χ3v) is 6.20. The Balaban J connectivity index is 0.00000261. The zero-order valence-electron chi connectivity index (χ0n) is 17.5. The minimum Gasteiger partial charge on any atom is -0.369 e. The van der Waals surface area contributed by atoms with Gasteiger partial charge in [-0.05, 0) is 38.8 Å². The van der Waals surface area contributed by atoms with E-state index in [1.54, 1.807) is 0 Å². The van der Waals surface area contributed by atoms with E-state index in [0.29, 0.717) is 12.6 Å². The lowest BCUT2D eigenvalue weighted by Crippen LogP contribution is -2.55. The molecule has 3 N–H and O–H groups in total. The smallest absolute Gasteiger partial charge is 0.225 e. The third-order valence-electron chi connectivity index (χ3n) is 6.20. The summed E-state index contributed by atoms with van der Waals surface area (Å²) in [5.41, 5.74) is 7.31. The summed E-state index contributed by atoms with van der Waals surface area (Å²) in [6.45, 7) is 9.08. The first kappa shape index (κ1) is 28.3. The molecule has 1 aliphatic carbocycles. The van der Waals surface area contributed by atoms with Crippen molar-refractivity contribution in [3.8, 4) is 0 Å². The number of hydrogen-bond acceptors (Lipinski definition) is 4. The van der Waals surface area contributed by atoms with Gasteiger partial charge in [0.05, 0.1) is 5.92 Å². The van der Waals surface area contributed by atoms with Gasteiger partial charge in [0.1, 0.15) is 0 Å². The van der Waals surface area contributed by atoms with Crippen LogP contribution in [0.25, 0.3) is 0 Å². The normalized spacial score (nSPS) is 25.6. The average molecular weight is 468 g/mol. The van der Waals surface area contributed by atoms with E-state index < -0.39 is 0 Å². The number of para-hydroxylation sites is 1. The molecular weight excluding hydrogens is 431 g/mol. The van der Waals surface area contributed by atoms with Gasteiger partial charge in [0, 0.05) is 50.0 Å². The molecule has 29 heavy (non-hydrogen) atoms. The highest BCUT2D eigenvalue weighted by atomic mass is 35.5. The topological polar surface area (TPSA) is 61.6 Å². The van der Waals surface area contributed by atoms with Crippen LogP contribution in [0.2, 0.25) is 0 Å². The van der Waals surface area contributed by atoms with Crippen molar-refractivity contribution in [2.45, 2.75) is 51.1 Å². The lowest BCUT2D eigenvalue weighted by atomic mass is 9.74. The monoisotopic (exact) mass is 466 g/mol. The molecule has 168 valence electrons. The van der Waals surface area contributed by atoms with E-state index in [2.05, 4.69) is 52.4 Å². The maximum absolute atomic E-state index is 12.6. The van der Waals surface area contributed by atoms with Crippen LogP contribution in [0.5, 0.6) is 0 Å². The van der Waals surface area contributed by atoms with Crippen LogP contribution in [0.1, 0.15) is 39.5 Å². The first-order chi connectivity index (χ1) is 12.5. The molecule has 2 fully saturated rings. The highest BCUT2D eigenvalue weighted by Gasteiger charge is 2.37. The summed E-state index contributed by atoms with van der Waals surface area (Å²) in [5.74, 6) is 0.0999. The maximum atomic E-state index is 12.6. The van der Waals surface area contributed by atoms with E-state index in [-0.39, 0.29) is 54.6 Å². The molecule has 2 aliphatic rings. The summed E-state index contributed by atoms with van der Waals surface area (Å²) in [6, 6.07) is 10.9. The number of nitrogens with one attached hydrogen (secondary N) is 1. The molecule has 0 aromatic heterocycles. The van der Waals surface area contributed by atoms with E-state index in [1.165, 1.54) is 5.69 Å². The molecule has 5 nitrogen and oxygen atoms in total. The molecule has 1 amide bonds. The van der Waals surface area contributed by atoms with Gasteiger partial charge in [0.15, 0.2) is 0 Å². The van der Waals surface area contributed by atoms with Crippen LogP contribution in [-0.4, -0.2) is 55.1 Å². The maximum Gasteiger partial charge on any atom is 0.225 e. The van der Waals surface area contributed by atoms with E-state index in [9.17, 15) is 4.79 Å². The molecule has 0 spiro atoms. The van der Waals surface area contributed by atoms with Crippen LogP contribution in [0.4, 0.5) is 5.69 Å². The second-order valence-electron chi connectivity index (χ2n) is 8.26. The number of rotatable bonds is 5. The van der Waals surface area contributed by atoms with Gasteiger partial charge in [0.25, 0.3) is 0 Å². The van der Waals surface area contributed by atoms with E-state index in [0.717, 1.165) is 51.9 Å². The van der Waals surface area contributed by atoms with Crippen molar-refractivity contribution < 1.29 is 4.79 Å². The van der Waals surface area contributed by atoms with E-state index >= 15 is 0 Å². The van der Waals surface area contributed by atoms with Crippen LogP contribution in [0.15, 0.2) is 30.3 Å². The number of benzene rings is 1. The number of amides is 1. The van der Waals surface area contributed by atoms with Gasteiger partial charge in [0.2, 0.25) is 5.91 Å². The summed E-state index contributed by atoms with van der Waals surface area (Å²) in [7, 11) is 0. The fourth-order valence-corrected chi connectivity index (χ4v) is 4.35. The quantitative estimate of drug-likeness (QED) is 0.696. The number of carbonyl (C=O) groups excluding carboxylic acids is 1. The predicted octanol–water partition coefficient (Wildman–Crippen LogP) is 3.49. The average Bonchev–Trinajstić information content (AvgIpc) is 2.66. The van der Waals surface area contributed by atoms with Gasteiger partial charge in [-0.1, -0.05) is 31.0 Å². The van der Waals surface area contributed by atoms with Gasteiger partial charge in [-0.15, -0.1) is 37.2 Å². The fraction of sp³-hybridized carbons (Fsp3) is 0.667. The Labute approximate surface area is 194 Å². The zero-order chi connectivity index (χ0) is 18.6. The summed E-state index contributed by atoms with van der Waals surface area (Å²) >= 11 is 0. The Kier molecular flexibility index (Phi) is 12.5. The van der Waals surface area contributed by atoms with Crippen molar-refractivity contribution in [2.24, 2.45) is 11.7 Å². The number of piperazine rings is 1. The van der Waals surface area contributed by atoms with Crippen molar-refractivity contribution in [1.82, 2.24) is 10.2 Å². The molecule has 1 aliphatic heterocycles. The van der Waals surface area contributed by atoms with Crippen molar-refractivity contribution >= 4 is 48.8 Å². The van der Waals surface area contributed by atoms with Gasteiger partial charge in [-0.3, -0.25) is 9.69 Å². The highest BCUT2D eigenvalue weighted by molar-refractivity contribution is 5.86. The molecule has 1 saturated heterocycles. The SMILES string of the molecule is CC(CNC(=O)C1CCCCC1(C)N)N1CCN(c2ccccc2)CC1.Cl.Cl.Cl. The molecule has 3 rings (SSSR count). The van der Waals surface area contributed by atoms with Gasteiger partial charge in [-0.25, -0.2) is 0 Å². The molecule has 0 radical (unpaired) electrons. The molecule has 1 aromatic rings. The number of hydrogen-bond donors (Lipinski definition) is 2.